The Morgan fingerprint density at radius 2 is 2.18 bits per heavy atom. The van der Waals surface area contributed by atoms with Crippen molar-refractivity contribution in [2.24, 2.45) is 7.05 Å². The monoisotopic (exact) mass is 233 g/mol. The highest BCUT2D eigenvalue weighted by Gasteiger charge is 2.07. The van der Waals surface area contributed by atoms with E-state index in [2.05, 4.69) is 33.8 Å². The first-order valence-electron chi connectivity index (χ1n) is 5.84. The molecule has 92 valence electrons. The normalized spacial score (nSPS) is 11.0. The minimum Gasteiger partial charge on any atom is -0.336 e. The summed E-state index contributed by atoms with van der Waals surface area (Å²) in [6.07, 6.45) is 5.61. The molecule has 0 radical (unpaired) electrons. The van der Waals surface area contributed by atoms with Crippen molar-refractivity contribution < 1.29 is 0 Å². The predicted molar refractivity (Wildman–Crippen MR) is 66.6 cm³/mol. The van der Waals surface area contributed by atoms with E-state index in [1.165, 1.54) is 11.3 Å². The second-order valence-electron chi connectivity index (χ2n) is 4.25. The van der Waals surface area contributed by atoms with Crippen LogP contribution in [-0.4, -0.2) is 25.9 Å². The molecule has 2 rings (SSSR count). The SMILES string of the molecule is Cc1nn(C)c(C)c1CNCCn1ccnc1. The molecule has 0 spiro atoms. The lowest BCUT2D eigenvalue weighted by Crippen LogP contribution is -2.19. The van der Waals surface area contributed by atoms with Crippen LogP contribution in [0.4, 0.5) is 0 Å². The van der Waals surface area contributed by atoms with Crippen molar-refractivity contribution >= 4 is 0 Å². The summed E-state index contributed by atoms with van der Waals surface area (Å²) in [5.74, 6) is 0. The summed E-state index contributed by atoms with van der Waals surface area (Å²) in [5, 5.41) is 7.83. The van der Waals surface area contributed by atoms with E-state index in [0.717, 1.165) is 25.3 Å². The summed E-state index contributed by atoms with van der Waals surface area (Å²) in [5.41, 5.74) is 3.65. The summed E-state index contributed by atoms with van der Waals surface area (Å²) in [7, 11) is 1.98. The Morgan fingerprint density at radius 3 is 2.76 bits per heavy atom. The van der Waals surface area contributed by atoms with Crippen LogP contribution in [0.3, 0.4) is 0 Å². The largest absolute Gasteiger partial charge is 0.336 e. The smallest absolute Gasteiger partial charge is 0.0946 e. The third-order valence-electron chi connectivity index (χ3n) is 3.07. The van der Waals surface area contributed by atoms with Gasteiger partial charge in [0.05, 0.1) is 12.0 Å². The molecule has 0 aromatic carbocycles. The molecule has 0 aliphatic heterocycles. The van der Waals surface area contributed by atoms with Gasteiger partial charge in [0.25, 0.3) is 0 Å². The Kier molecular flexibility index (Phi) is 3.58. The van der Waals surface area contributed by atoms with E-state index >= 15 is 0 Å². The van der Waals surface area contributed by atoms with Crippen molar-refractivity contribution in [3.05, 3.63) is 35.7 Å². The Balaban J connectivity index is 1.82. The van der Waals surface area contributed by atoms with Gasteiger partial charge in [-0.1, -0.05) is 0 Å². The molecule has 2 heterocycles. The Bertz CT molecular complexity index is 469. The Hall–Kier alpha value is -1.62. The fraction of sp³-hybridized carbons (Fsp3) is 0.500. The van der Waals surface area contributed by atoms with Crippen LogP contribution >= 0.6 is 0 Å². The zero-order chi connectivity index (χ0) is 12.3. The number of aryl methyl sites for hydroxylation is 2. The Labute approximate surface area is 101 Å². The van der Waals surface area contributed by atoms with Gasteiger partial charge in [0, 0.05) is 50.3 Å². The molecule has 17 heavy (non-hydrogen) atoms. The predicted octanol–water partition coefficient (Wildman–Crippen LogP) is 1.02. The van der Waals surface area contributed by atoms with Crippen LogP contribution in [0.1, 0.15) is 17.0 Å². The van der Waals surface area contributed by atoms with Gasteiger partial charge < -0.3 is 9.88 Å². The molecule has 2 aromatic rings. The molecule has 0 aliphatic carbocycles. The molecule has 0 unspecified atom stereocenters. The maximum Gasteiger partial charge on any atom is 0.0946 e. The number of nitrogens with one attached hydrogen (secondary N) is 1. The lowest BCUT2D eigenvalue weighted by atomic mass is 10.2. The number of imidazole rings is 1. The molecule has 0 amide bonds. The minimum atomic E-state index is 0.875. The summed E-state index contributed by atoms with van der Waals surface area (Å²) >= 11 is 0. The first-order valence-corrected chi connectivity index (χ1v) is 5.84. The summed E-state index contributed by atoms with van der Waals surface area (Å²) < 4.78 is 4.00. The second-order valence-corrected chi connectivity index (χ2v) is 4.25. The standard InChI is InChI=1S/C12H19N5/c1-10-12(11(2)16(3)15-10)8-13-4-6-17-7-5-14-9-17/h5,7,9,13H,4,6,8H2,1-3H3. The maximum absolute atomic E-state index is 4.40. The number of nitrogens with zero attached hydrogens (tertiary/aromatic N) is 4. The van der Waals surface area contributed by atoms with Gasteiger partial charge in [-0.3, -0.25) is 4.68 Å². The zero-order valence-electron chi connectivity index (χ0n) is 10.6. The molecule has 0 saturated heterocycles. The quantitative estimate of drug-likeness (QED) is 0.784. The van der Waals surface area contributed by atoms with Gasteiger partial charge in [-0.05, 0) is 13.8 Å². The van der Waals surface area contributed by atoms with E-state index in [1.54, 1.807) is 6.20 Å². The molecular weight excluding hydrogens is 214 g/mol. The summed E-state index contributed by atoms with van der Waals surface area (Å²) in [6, 6.07) is 0. The molecule has 0 fully saturated rings. The Morgan fingerprint density at radius 1 is 1.35 bits per heavy atom. The van der Waals surface area contributed by atoms with Crippen LogP contribution in [0.5, 0.6) is 0 Å². The molecule has 0 aliphatic rings. The van der Waals surface area contributed by atoms with E-state index in [-0.39, 0.29) is 0 Å². The van der Waals surface area contributed by atoms with Gasteiger partial charge in [-0.15, -0.1) is 0 Å². The number of aromatic nitrogens is 4. The summed E-state index contributed by atoms with van der Waals surface area (Å²) in [6.45, 7) is 6.91. The van der Waals surface area contributed by atoms with Crippen molar-refractivity contribution in [3.63, 3.8) is 0 Å². The van der Waals surface area contributed by atoms with Crippen LogP contribution in [-0.2, 0) is 20.1 Å². The fourth-order valence-electron chi connectivity index (χ4n) is 1.91. The van der Waals surface area contributed by atoms with E-state index in [4.69, 9.17) is 0 Å². The van der Waals surface area contributed by atoms with Crippen molar-refractivity contribution in [2.45, 2.75) is 26.9 Å². The first kappa shape index (κ1) is 11.9. The molecule has 2 aromatic heterocycles. The highest BCUT2D eigenvalue weighted by molar-refractivity contribution is 5.23. The topological polar surface area (TPSA) is 47.7 Å². The molecule has 5 nitrogen and oxygen atoms in total. The molecule has 5 heteroatoms. The maximum atomic E-state index is 4.40. The van der Waals surface area contributed by atoms with Gasteiger partial charge in [-0.25, -0.2) is 4.98 Å². The van der Waals surface area contributed by atoms with Crippen LogP contribution in [0.25, 0.3) is 0 Å². The highest BCUT2D eigenvalue weighted by atomic mass is 15.3. The lowest BCUT2D eigenvalue weighted by Gasteiger charge is -2.06. The molecule has 0 bridgehead atoms. The van der Waals surface area contributed by atoms with Gasteiger partial charge in [0.1, 0.15) is 0 Å². The van der Waals surface area contributed by atoms with Crippen LogP contribution in [0, 0.1) is 13.8 Å². The second kappa shape index (κ2) is 5.14. The fourth-order valence-corrected chi connectivity index (χ4v) is 1.91. The average Bonchev–Trinajstić information content (AvgIpc) is 2.87. The van der Waals surface area contributed by atoms with E-state index in [9.17, 15) is 0 Å². The van der Waals surface area contributed by atoms with Crippen molar-refractivity contribution in [2.75, 3.05) is 6.54 Å². The van der Waals surface area contributed by atoms with Gasteiger partial charge in [0.15, 0.2) is 0 Å². The van der Waals surface area contributed by atoms with Crippen molar-refractivity contribution in [3.8, 4) is 0 Å². The minimum absolute atomic E-state index is 0.875. The van der Waals surface area contributed by atoms with Gasteiger partial charge in [0.2, 0.25) is 0 Å². The van der Waals surface area contributed by atoms with E-state index in [0.29, 0.717) is 0 Å². The highest BCUT2D eigenvalue weighted by Crippen LogP contribution is 2.10. The number of rotatable bonds is 5. The third-order valence-corrected chi connectivity index (χ3v) is 3.07. The van der Waals surface area contributed by atoms with E-state index < -0.39 is 0 Å². The molecule has 1 N–H and O–H groups in total. The van der Waals surface area contributed by atoms with Crippen LogP contribution < -0.4 is 5.32 Å². The van der Waals surface area contributed by atoms with Crippen LogP contribution in [0.2, 0.25) is 0 Å². The van der Waals surface area contributed by atoms with E-state index in [1.807, 2.05) is 24.3 Å². The number of hydrogen-bond donors (Lipinski definition) is 1. The first-order chi connectivity index (χ1) is 8.18. The molecule has 0 saturated carbocycles. The zero-order valence-corrected chi connectivity index (χ0v) is 10.6. The van der Waals surface area contributed by atoms with Crippen molar-refractivity contribution in [1.82, 2.24) is 24.6 Å². The molecular formula is C12H19N5. The van der Waals surface area contributed by atoms with Crippen molar-refractivity contribution in [1.29, 1.82) is 0 Å². The van der Waals surface area contributed by atoms with Gasteiger partial charge >= 0.3 is 0 Å². The summed E-state index contributed by atoms with van der Waals surface area (Å²) in [4.78, 5) is 4.01. The third kappa shape index (κ3) is 2.74. The molecule has 0 atom stereocenters. The van der Waals surface area contributed by atoms with Gasteiger partial charge in [-0.2, -0.15) is 5.10 Å². The number of hydrogen-bond acceptors (Lipinski definition) is 3. The van der Waals surface area contributed by atoms with Crippen LogP contribution in [0.15, 0.2) is 18.7 Å². The lowest BCUT2D eigenvalue weighted by molar-refractivity contribution is 0.595. The average molecular weight is 233 g/mol.